The summed E-state index contributed by atoms with van der Waals surface area (Å²) in [6, 6.07) is 10.00. The van der Waals surface area contributed by atoms with Gasteiger partial charge in [0.2, 0.25) is 5.91 Å². The second kappa shape index (κ2) is 5.83. The van der Waals surface area contributed by atoms with E-state index in [0.717, 1.165) is 5.56 Å². The highest BCUT2D eigenvalue weighted by Gasteiger charge is 2.25. The first-order valence-electron chi connectivity index (χ1n) is 6.32. The maximum atomic E-state index is 12.1. The van der Waals surface area contributed by atoms with Gasteiger partial charge in [0.05, 0.1) is 18.8 Å². The molecular formula is C15H19NO2. The van der Waals surface area contributed by atoms with E-state index in [9.17, 15) is 4.79 Å². The van der Waals surface area contributed by atoms with Crippen molar-refractivity contribution in [2.75, 3.05) is 13.2 Å². The van der Waals surface area contributed by atoms with Crippen molar-refractivity contribution in [3.63, 3.8) is 0 Å². The summed E-state index contributed by atoms with van der Waals surface area (Å²) in [5, 5.41) is 0. The molecule has 2 atom stereocenters. The summed E-state index contributed by atoms with van der Waals surface area (Å²) < 4.78 is 5.52. The Morgan fingerprint density at radius 3 is 2.78 bits per heavy atom. The molecular weight excluding hydrogens is 226 g/mol. The van der Waals surface area contributed by atoms with E-state index in [0.29, 0.717) is 13.2 Å². The SMILES string of the molecule is CC1CN(C(=O)C=Cc2ccccc2)C(C)CO1. The number of morpholine rings is 1. The summed E-state index contributed by atoms with van der Waals surface area (Å²) in [5.74, 6) is 0.0569. The third-order valence-electron chi connectivity index (χ3n) is 3.11. The van der Waals surface area contributed by atoms with Gasteiger partial charge in [0.15, 0.2) is 0 Å². The third-order valence-corrected chi connectivity index (χ3v) is 3.11. The molecule has 3 nitrogen and oxygen atoms in total. The van der Waals surface area contributed by atoms with E-state index in [1.54, 1.807) is 6.08 Å². The van der Waals surface area contributed by atoms with Crippen molar-refractivity contribution in [2.45, 2.75) is 26.0 Å². The predicted octanol–water partition coefficient (Wildman–Crippen LogP) is 2.34. The zero-order valence-electron chi connectivity index (χ0n) is 10.9. The molecule has 1 aliphatic heterocycles. The lowest BCUT2D eigenvalue weighted by molar-refractivity contribution is -0.137. The quantitative estimate of drug-likeness (QED) is 0.748. The number of ether oxygens (including phenoxy) is 1. The smallest absolute Gasteiger partial charge is 0.246 e. The molecule has 3 heteroatoms. The van der Waals surface area contributed by atoms with Crippen LogP contribution in [0.3, 0.4) is 0 Å². The maximum absolute atomic E-state index is 12.1. The molecule has 1 heterocycles. The monoisotopic (exact) mass is 245 g/mol. The summed E-state index contributed by atoms with van der Waals surface area (Å²) in [6.45, 7) is 5.29. The minimum absolute atomic E-state index is 0.0569. The van der Waals surface area contributed by atoms with Gasteiger partial charge in [-0.25, -0.2) is 0 Å². The lowest BCUT2D eigenvalue weighted by Gasteiger charge is -2.36. The standard InChI is InChI=1S/C15H19NO2/c1-12-11-18-13(2)10-16(12)15(17)9-8-14-6-4-3-5-7-14/h3-9,12-13H,10-11H2,1-2H3. The second-order valence-corrected chi connectivity index (χ2v) is 4.73. The number of amides is 1. The number of nitrogens with zero attached hydrogens (tertiary/aromatic N) is 1. The van der Waals surface area contributed by atoms with Gasteiger partial charge in [0.1, 0.15) is 0 Å². The Labute approximate surface area is 108 Å². The molecule has 18 heavy (non-hydrogen) atoms. The van der Waals surface area contributed by atoms with E-state index in [4.69, 9.17) is 4.74 Å². The number of hydrogen-bond acceptors (Lipinski definition) is 2. The van der Waals surface area contributed by atoms with Crippen molar-refractivity contribution in [1.82, 2.24) is 4.90 Å². The molecule has 0 aromatic heterocycles. The van der Waals surface area contributed by atoms with Crippen LogP contribution in [-0.2, 0) is 9.53 Å². The predicted molar refractivity (Wildman–Crippen MR) is 72.1 cm³/mol. The Morgan fingerprint density at radius 2 is 2.06 bits per heavy atom. The number of carbonyl (C=O) groups is 1. The van der Waals surface area contributed by atoms with Crippen LogP contribution in [0.1, 0.15) is 19.4 Å². The fourth-order valence-corrected chi connectivity index (χ4v) is 2.04. The highest BCUT2D eigenvalue weighted by atomic mass is 16.5. The molecule has 2 unspecified atom stereocenters. The Hall–Kier alpha value is -1.61. The number of benzene rings is 1. The Bertz CT molecular complexity index is 427. The van der Waals surface area contributed by atoms with Crippen molar-refractivity contribution < 1.29 is 9.53 Å². The van der Waals surface area contributed by atoms with Gasteiger partial charge >= 0.3 is 0 Å². The van der Waals surface area contributed by atoms with E-state index in [1.807, 2.05) is 55.2 Å². The van der Waals surface area contributed by atoms with Crippen LogP contribution in [0.15, 0.2) is 36.4 Å². The molecule has 0 bridgehead atoms. The first-order valence-corrected chi connectivity index (χ1v) is 6.32. The van der Waals surface area contributed by atoms with Gasteiger partial charge in [0, 0.05) is 12.6 Å². The Kier molecular flexibility index (Phi) is 4.15. The van der Waals surface area contributed by atoms with Crippen molar-refractivity contribution in [1.29, 1.82) is 0 Å². The van der Waals surface area contributed by atoms with Crippen LogP contribution in [0.5, 0.6) is 0 Å². The number of rotatable bonds is 2. The molecule has 0 saturated carbocycles. The highest BCUT2D eigenvalue weighted by molar-refractivity contribution is 5.92. The maximum Gasteiger partial charge on any atom is 0.246 e. The third kappa shape index (κ3) is 3.20. The molecule has 0 radical (unpaired) electrons. The zero-order chi connectivity index (χ0) is 13.0. The van der Waals surface area contributed by atoms with Gasteiger partial charge in [0.25, 0.3) is 0 Å². The lowest BCUT2D eigenvalue weighted by Crippen LogP contribution is -2.49. The van der Waals surface area contributed by atoms with Crippen molar-refractivity contribution in [3.05, 3.63) is 42.0 Å². The zero-order valence-corrected chi connectivity index (χ0v) is 10.9. The van der Waals surface area contributed by atoms with Crippen LogP contribution >= 0.6 is 0 Å². The molecule has 1 saturated heterocycles. The topological polar surface area (TPSA) is 29.5 Å². The van der Waals surface area contributed by atoms with Gasteiger partial charge in [-0.1, -0.05) is 30.3 Å². The fourth-order valence-electron chi connectivity index (χ4n) is 2.04. The molecule has 1 amide bonds. The molecule has 1 aromatic rings. The number of hydrogen-bond donors (Lipinski definition) is 0. The van der Waals surface area contributed by atoms with Gasteiger partial charge in [-0.2, -0.15) is 0 Å². The molecule has 96 valence electrons. The minimum Gasteiger partial charge on any atom is -0.375 e. The van der Waals surface area contributed by atoms with Crippen molar-refractivity contribution >= 4 is 12.0 Å². The second-order valence-electron chi connectivity index (χ2n) is 4.73. The molecule has 0 N–H and O–H groups in total. The average molecular weight is 245 g/mol. The summed E-state index contributed by atoms with van der Waals surface area (Å²) >= 11 is 0. The minimum atomic E-state index is 0.0569. The van der Waals surface area contributed by atoms with E-state index < -0.39 is 0 Å². The van der Waals surface area contributed by atoms with Crippen LogP contribution in [0.25, 0.3) is 6.08 Å². The van der Waals surface area contributed by atoms with Gasteiger partial charge in [-0.05, 0) is 25.5 Å². The van der Waals surface area contributed by atoms with E-state index in [2.05, 4.69) is 0 Å². The number of carbonyl (C=O) groups excluding carboxylic acids is 1. The highest BCUT2D eigenvalue weighted by Crippen LogP contribution is 2.12. The lowest BCUT2D eigenvalue weighted by atomic mass is 10.2. The summed E-state index contributed by atoms with van der Waals surface area (Å²) in [7, 11) is 0. The molecule has 1 fully saturated rings. The Morgan fingerprint density at radius 1 is 1.33 bits per heavy atom. The summed E-state index contributed by atoms with van der Waals surface area (Å²) in [4.78, 5) is 14.0. The van der Waals surface area contributed by atoms with Gasteiger partial charge in [-0.3, -0.25) is 4.79 Å². The van der Waals surface area contributed by atoms with Gasteiger partial charge in [-0.15, -0.1) is 0 Å². The Balaban J connectivity index is 2.01. The fraction of sp³-hybridized carbons (Fsp3) is 0.400. The van der Waals surface area contributed by atoms with E-state index in [1.165, 1.54) is 0 Å². The average Bonchev–Trinajstić information content (AvgIpc) is 2.40. The van der Waals surface area contributed by atoms with Crippen LogP contribution in [0.4, 0.5) is 0 Å². The van der Waals surface area contributed by atoms with Crippen LogP contribution < -0.4 is 0 Å². The van der Waals surface area contributed by atoms with Crippen molar-refractivity contribution in [3.8, 4) is 0 Å². The first-order chi connectivity index (χ1) is 8.66. The normalized spacial score (nSPS) is 24.4. The van der Waals surface area contributed by atoms with Crippen molar-refractivity contribution in [2.24, 2.45) is 0 Å². The molecule has 2 rings (SSSR count). The van der Waals surface area contributed by atoms with E-state index >= 15 is 0 Å². The molecule has 1 aliphatic rings. The molecule has 1 aromatic carbocycles. The van der Waals surface area contributed by atoms with Crippen LogP contribution in [0, 0.1) is 0 Å². The largest absolute Gasteiger partial charge is 0.375 e. The van der Waals surface area contributed by atoms with Crippen LogP contribution in [-0.4, -0.2) is 36.1 Å². The first kappa shape index (κ1) is 12.8. The van der Waals surface area contributed by atoms with Gasteiger partial charge < -0.3 is 9.64 Å². The summed E-state index contributed by atoms with van der Waals surface area (Å²) in [6.07, 6.45) is 3.62. The summed E-state index contributed by atoms with van der Waals surface area (Å²) in [5.41, 5.74) is 1.04. The van der Waals surface area contributed by atoms with Crippen LogP contribution in [0.2, 0.25) is 0 Å². The molecule has 0 aliphatic carbocycles. The molecule has 0 spiro atoms. The van der Waals surface area contributed by atoms with E-state index in [-0.39, 0.29) is 18.1 Å².